The Bertz CT molecular complexity index is 303. The Morgan fingerprint density at radius 2 is 1.88 bits per heavy atom. The van der Waals surface area contributed by atoms with E-state index in [9.17, 15) is 4.79 Å². The molecule has 2 rings (SSSR count). The van der Waals surface area contributed by atoms with Crippen LogP contribution >= 0.6 is 0 Å². The van der Waals surface area contributed by atoms with Gasteiger partial charge in [0.25, 0.3) is 0 Å². The van der Waals surface area contributed by atoms with Gasteiger partial charge in [-0.15, -0.1) is 0 Å². The predicted molar refractivity (Wildman–Crippen MR) is 68.9 cm³/mol. The maximum Gasteiger partial charge on any atom is 0.139 e. The van der Waals surface area contributed by atoms with Crippen molar-refractivity contribution in [2.45, 2.75) is 65.4 Å². The van der Waals surface area contributed by atoms with Crippen molar-refractivity contribution in [3.8, 4) is 0 Å². The molecule has 17 heavy (non-hydrogen) atoms. The van der Waals surface area contributed by atoms with Crippen molar-refractivity contribution < 1.29 is 9.53 Å². The van der Waals surface area contributed by atoms with Crippen molar-refractivity contribution in [2.24, 2.45) is 16.7 Å². The zero-order chi connectivity index (χ0) is 12.7. The molecule has 2 aliphatic rings. The first-order chi connectivity index (χ1) is 7.87. The molecule has 2 heteroatoms. The van der Waals surface area contributed by atoms with E-state index in [4.69, 9.17) is 4.74 Å². The van der Waals surface area contributed by atoms with Crippen LogP contribution in [-0.4, -0.2) is 19.0 Å². The quantitative estimate of drug-likeness (QED) is 0.698. The maximum atomic E-state index is 12.5. The highest BCUT2D eigenvalue weighted by molar-refractivity contribution is 5.86. The van der Waals surface area contributed by atoms with E-state index < -0.39 is 0 Å². The van der Waals surface area contributed by atoms with Crippen LogP contribution in [-0.2, 0) is 9.53 Å². The first-order valence-corrected chi connectivity index (χ1v) is 6.93. The number of Topliss-reactive ketones (excluding diaryl/α,β-unsaturated/α-hetero) is 1. The molecule has 0 N–H and O–H groups in total. The van der Waals surface area contributed by atoms with Crippen molar-refractivity contribution in [1.29, 1.82) is 0 Å². The minimum Gasteiger partial charge on any atom is -0.381 e. The molecule has 0 aromatic carbocycles. The van der Waals surface area contributed by atoms with E-state index in [0.717, 1.165) is 32.1 Å². The second kappa shape index (κ2) is 4.38. The van der Waals surface area contributed by atoms with Gasteiger partial charge in [0, 0.05) is 18.9 Å². The van der Waals surface area contributed by atoms with Gasteiger partial charge in [-0.1, -0.05) is 20.8 Å². The number of rotatable bonds is 1. The van der Waals surface area contributed by atoms with Gasteiger partial charge in [-0.05, 0) is 43.4 Å². The summed E-state index contributed by atoms with van der Waals surface area (Å²) in [5.41, 5.74) is 0.263. The Labute approximate surface area is 105 Å². The molecule has 0 aromatic heterocycles. The van der Waals surface area contributed by atoms with Crippen LogP contribution < -0.4 is 0 Å². The molecule has 0 bridgehead atoms. The van der Waals surface area contributed by atoms with Crippen LogP contribution in [0.15, 0.2) is 0 Å². The Hall–Kier alpha value is -0.370. The van der Waals surface area contributed by atoms with E-state index in [1.165, 1.54) is 6.42 Å². The van der Waals surface area contributed by atoms with E-state index in [2.05, 4.69) is 20.8 Å². The monoisotopic (exact) mass is 238 g/mol. The number of hydrogen-bond acceptors (Lipinski definition) is 2. The first kappa shape index (κ1) is 13.1. The lowest BCUT2D eigenvalue weighted by molar-refractivity contribution is -0.135. The van der Waals surface area contributed by atoms with Crippen molar-refractivity contribution in [2.75, 3.05) is 7.11 Å². The van der Waals surface area contributed by atoms with Gasteiger partial charge in [0.2, 0.25) is 0 Å². The third-order valence-corrected chi connectivity index (χ3v) is 5.12. The average Bonchev–Trinajstić information content (AvgIpc) is 2.66. The minimum absolute atomic E-state index is 0.0115. The second-order valence-electron chi connectivity index (χ2n) is 7.11. The van der Waals surface area contributed by atoms with Crippen LogP contribution in [0.25, 0.3) is 0 Å². The van der Waals surface area contributed by atoms with Gasteiger partial charge in [0.15, 0.2) is 0 Å². The summed E-state index contributed by atoms with van der Waals surface area (Å²) in [4.78, 5) is 12.5. The van der Waals surface area contributed by atoms with E-state index in [-0.39, 0.29) is 10.8 Å². The Balaban J connectivity index is 2.04. The molecule has 3 atom stereocenters. The summed E-state index contributed by atoms with van der Waals surface area (Å²) in [6, 6.07) is 0. The van der Waals surface area contributed by atoms with Gasteiger partial charge in [-0.3, -0.25) is 4.79 Å². The van der Waals surface area contributed by atoms with Crippen molar-refractivity contribution in [3.05, 3.63) is 0 Å². The van der Waals surface area contributed by atoms with Crippen LogP contribution in [0.4, 0.5) is 0 Å². The third-order valence-electron chi connectivity index (χ3n) is 5.12. The Kier molecular flexibility index (Phi) is 3.37. The molecule has 0 heterocycles. The highest BCUT2D eigenvalue weighted by atomic mass is 16.5. The molecule has 0 amide bonds. The molecule has 0 saturated heterocycles. The average molecular weight is 238 g/mol. The summed E-state index contributed by atoms with van der Waals surface area (Å²) in [7, 11) is 1.77. The number of ketones is 1. The highest BCUT2D eigenvalue weighted by Gasteiger charge is 2.49. The van der Waals surface area contributed by atoms with Crippen molar-refractivity contribution >= 4 is 5.78 Å². The van der Waals surface area contributed by atoms with Gasteiger partial charge in [-0.2, -0.15) is 0 Å². The fourth-order valence-corrected chi connectivity index (χ4v) is 3.63. The van der Waals surface area contributed by atoms with Gasteiger partial charge >= 0.3 is 0 Å². The van der Waals surface area contributed by atoms with E-state index in [0.29, 0.717) is 17.8 Å². The van der Waals surface area contributed by atoms with Crippen LogP contribution in [0.3, 0.4) is 0 Å². The first-order valence-electron chi connectivity index (χ1n) is 6.93. The third kappa shape index (κ3) is 2.42. The van der Waals surface area contributed by atoms with Crippen LogP contribution in [0.1, 0.15) is 59.3 Å². The molecule has 0 aromatic rings. The molecule has 0 aliphatic heterocycles. The second-order valence-corrected chi connectivity index (χ2v) is 7.11. The highest BCUT2D eigenvalue weighted by Crippen LogP contribution is 2.51. The summed E-state index contributed by atoms with van der Waals surface area (Å²) in [5.74, 6) is 1.09. The van der Waals surface area contributed by atoms with Crippen LogP contribution in [0.5, 0.6) is 0 Å². The lowest BCUT2D eigenvalue weighted by Gasteiger charge is -2.41. The van der Waals surface area contributed by atoms with Gasteiger partial charge in [0.1, 0.15) is 5.78 Å². The smallest absolute Gasteiger partial charge is 0.139 e. The Morgan fingerprint density at radius 3 is 2.35 bits per heavy atom. The maximum absolute atomic E-state index is 12.5. The van der Waals surface area contributed by atoms with Crippen molar-refractivity contribution in [3.63, 3.8) is 0 Å². The lowest BCUT2D eigenvalue weighted by Crippen LogP contribution is -2.39. The zero-order valence-corrected chi connectivity index (χ0v) is 11.7. The number of hydrogen-bond donors (Lipinski definition) is 0. The predicted octanol–water partition coefficient (Wildman–Crippen LogP) is 3.59. The molecular weight excluding hydrogens is 212 g/mol. The standard InChI is InChI=1S/C15H26O2/c1-14(2,3)11-5-7-15(13(16)9-11)8-6-12(10-15)17-4/h11-12H,5-10H2,1-4H3/t11-,12-,15+/m1/s1. The molecule has 0 unspecified atom stereocenters. The topological polar surface area (TPSA) is 26.3 Å². The van der Waals surface area contributed by atoms with Gasteiger partial charge < -0.3 is 4.74 Å². The summed E-state index contributed by atoms with van der Waals surface area (Å²) >= 11 is 0. The van der Waals surface area contributed by atoms with E-state index in [1.807, 2.05) is 0 Å². The van der Waals surface area contributed by atoms with E-state index in [1.54, 1.807) is 7.11 Å². The van der Waals surface area contributed by atoms with E-state index >= 15 is 0 Å². The molecule has 2 aliphatic carbocycles. The fourth-order valence-electron chi connectivity index (χ4n) is 3.63. The van der Waals surface area contributed by atoms with Crippen molar-refractivity contribution in [1.82, 2.24) is 0 Å². The van der Waals surface area contributed by atoms with Crippen LogP contribution in [0.2, 0.25) is 0 Å². The molecule has 2 saturated carbocycles. The lowest BCUT2D eigenvalue weighted by atomic mass is 9.63. The number of carbonyl (C=O) groups is 1. The molecule has 2 fully saturated rings. The van der Waals surface area contributed by atoms with Gasteiger partial charge in [-0.25, -0.2) is 0 Å². The number of carbonyl (C=O) groups excluding carboxylic acids is 1. The fraction of sp³-hybridized carbons (Fsp3) is 0.933. The molecule has 1 spiro atoms. The molecule has 98 valence electrons. The number of methoxy groups -OCH3 is 1. The molecule has 2 nitrogen and oxygen atoms in total. The summed E-state index contributed by atoms with van der Waals surface area (Å²) in [5, 5.41) is 0. The normalized spacial score (nSPS) is 38.9. The Morgan fingerprint density at radius 1 is 1.24 bits per heavy atom. The van der Waals surface area contributed by atoms with Gasteiger partial charge in [0.05, 0.1) is 6.10 Å². The SMILES string of the molecule is CO[C@@H]1CC[C@@]2(CC[C@@H](C(C)(C)C)CC2=O)C1. The number of ether oxygens (including phenoxy) is 1. The molecular formula is C15H26O2. The summed E-state index contributed by atoms with van der Waals surface area (Å²) in [6.45, 7) is 6.78. The molecule has 0 radical (unpaired) electrons. The summed E-state index contributed by atoms with van der Waals surface area (Å²) in [6.07, 6.45) is 6.52. The minimum atomic E-state index is -0.0115. The van der Waals surface area contributed by atoms with Crippen LogP contribution in [0, 0.1) is 16.7 Å². The summed E-state index contributed by atoms with van der Waals surface area (Å²) < 4.78 is 5.43. The largest absolute Gasteiger partial charge is 0.381 e. The zero-order valence-electron chi connectivity index (χ0n) is 11.7.